The van der Waals surface area contributed by atoms with Gasteiger partial charge < -0.3 is 28.4 Å². The lowest BCUT2D eigenvalue weighted by molar-refractivity contribution is -0.356. The van der Waals surface area contributed by atoms with Crippen molar-refractivity contribution in [1.29, 1.82) is 0 Å². The number of carbonyl (C=O) groups is 1. The van der Waals surface area contributed by atoms with Crippen LogP contribution in [0.2, 0.25) is 5.02 Å². The van der Waals surface area contributed by atoms with Crippen LogP contribution in [-0.4, -0.2) is 76.8 Å². The van der Waals surface area contributed by atoms with Gasteiger partial charge in [-0.05, 0) is 26.8 Å². The Morgan fingerprint density at radius 3 is 2.57 bits per heavy atom. The number of nitrogens with zero attached hydrogens (tertiary/aromatic N) is 4. The highest BCUT2D eigenvalue weighted by Crippen LogP contribution is 2.48. The van der Waals surface area contributed by atoms with E-state index in [9.17, 15) is 18.0 Å². The molecule has 5 rings (SSSR count). The van der Waals surface area contributed by atoms with Crippen molar-refractivity contribution in [1.82, 2.24) is 30.6 Å². The van der Waals surface area contributed by atoms with Crippen molar-refractivity contribution >= 4 is 17.7 Å². The van der Waals surface area contributed by atoms with Gasteiger partial charge in [-0.15, -0.1) is 0 Å². The number of halogens is 4. The third-order valence-electron chi connectivity index (χ3n) is 7.32. The van der Waals surface area contributed by atoms with Crippen LogP contribution in [-0.2, 0) is 46.6 Å². The first-order valence-electron chi connectivity index (χ1n) is 14.8. The zero-order valence-electron chi connectivity index (χ0n) is 26.3. The van der Waals surface area contributed by atoms with Crippen molar-refractivity contribution in [3.8, 4) is 5.69 Å². The molecule has 0 saturated carbocycles. The number of benzene rings is 1. The summed E-state index contributed by atoms with van der Waals surface area (Å²) in [4.78, 5) is 21.2. The molecule has 4 heterocycles. The number of methoxy groups -OCH3 is 1. The van der Waals surface area contributed by atoms with E-state index in [1.807, 2.05) is 6.07 Å². The summed E-state index contributed by atoms with van der Waals surface area (Å²) < 4.78 is 80.0. The monoisotopic (exact) mass is 684 g/mol. The molecule has 2 N–H and O–H groups in total. The topological polar surface area (TPSA) is 140 Å². The Labute approximate surface area is 273 Å². The summed E-state index contributed by atoms with van der Waals surface area (Å²) in [6, 6.07) is 8.92. The number of fused-ring (bicyclic) bond motifs is 1. The highest BCUT2D eigenvalue weighted by molar-refractivity contribution is 6.30. The maximum atomic E-state index is 14.4. The first-order chi connectivity index (χ1) is 22.3. The molecule has 1 aromatic carbocycles. The van der Waals surface area contributed by atoms with Gasteiger partial charge in [-0.2, -0.15) is 18.3 Å². The van der Waals surface area contributed by atoms with E-state index in [0.29, 0.717) is 5.56 Å². The molecule has 2 saturated heterocycles. The average molecular weight is 685 g/mol. The Morgan fingerprint density at radius 2 is 1.91 bits per heavy atom. The van der Waals surface area contributed by atoms with Gasteiger partial charge in [0, 0.05) is 25.3 Å². The summed E-state index contributed by atoms with van der Waals surface area (Å²) in [6.45, 7) is 6.51. The number of hydrogen-bond donors (Lipinski definition) is 2. The van der Waals surface area contributed by atoms with Gasteiger partial charge in [-0.25, -0.2) is 24.9 Å². The Morgan fingerprint density at radius 1 is 1.17 bits per heavy atom. The van der Waals surface area contributed by atoms with Crippen molar-refractivity contribution in [3.63, 3.8) is 0 Å². The maximum Gasteiger partial charge on any atom is 0.435 e. The molecule has 1 unspecified atom stereocenters. The lowest BCUT2D eigenvalue weighted by Gasteiger charge is -2.54. The normalized spacial score (nSPS) is 24.9. The van der Waals surface area contributed by atoms with Gasteiger partial charge in [0.1, 0.15) is 24.6 Å². The molecule has 0 aliphatic carbocycles. The van der Waals surface area contributed by atoms with Crippen LogP contribution in [0.3, 0.4) is 0 Å². The van der Waals surface area contributed by atoms with Crippen LogP contribution in [0.25, 0.3) is 5.69 Å². The predicted octanol–water partition coefficient (Wildman–Crippen LogP) is 4.62. The summed E-state index contributed by atoms with van der Waals surface area (Å²) in [7, 11) is 1.43. The van der Waals surface area contributed by atoms with E-state index in [0.717, 1.165) is 16.9 Å². The number of aromatic nitrogens is 4. The first kappa shape index (κ1) is 34.9. The Kier molecular flexibility index (Phi) is 10.4. The van der Waals surface area contributed by atoms with Crippen LogP contribution in [0.5, 0.6) is 0 Å². The van der Waals surface area contributed by atoms with E-state index in [1.165, 1.54) is 7.11 Å². The van der Waals surface area contributed by atoms with Crippen molar-refractivity contribution in [2.45, 2.75) is 76.0 Å². The van der Waals surface area contributed by atoms with Gasteiger partial charge in [0.05, 0.1) is 30.0 Å². The zero-order chi connectivity index (χ0) is 34.0. The molecule has 2 aromatic heterocycles. The quantitative estimate of drug-likeness (QED) is 0.241. The van der Waals surface area contributed by atoms with E-state index < -0.39 is 59.4 Å². The van der Waals surface area contributed by atoms with Crippen molar-refractivity contribution in [2.24, 2.45) is 0 Å². The van der Waals surface area contributed by atoms with Crippen LogP contribution in [0, 0.1) is 0 Å². The van der Waals surface area contributed by atoms with Crippen LogP contribution < -0.4 is 10.9 Å². The van der Waals surface area contributed by atoms with E-state index in [4.69, 9.17) is 45.0 Å². The number of alkyl halides is 3. The molecule has 17 heteroatoms. The minimum absolute atomic E-state index is 0.0482. The number of rotatable bonds is 9. The van der Waals surface area contributed by atoms with Gasteiger partial charge in [-0.3, -0.25) is 5.43 Å². The second-order valence-electron chi connectivity index (χ2n) is 11.8. The largest absolute Gasteiger partial charge is 0.443 e. The number of hydrazine groups is 1. The molecule has 0 spiro atoms. The molecule has 2 aliphatic rings. The fourth-order valence-electron chi connectivity index (χ4n) is 5.40. The van der Waals surface area contributed by atoms with E-state index in [-0.39, 0.29) is 43.1 Å². The number of ether oxygens (including phenoxy) is 6. The molecule has 3 aromatic rings. The molecular formula is C30H36ClF3N6O7. The molecular weight excluding hydrogens is 649 g/mol. The van der Waals surface area contributed by atoms with Crippen molar-refractivity contribution in [2.75, 3.05) is 27.1 Å². The Hall–Kier alpha value is -3.38. The fourth-order valence-corrected chi connectivity index (χ4v) is 5.55. The number of hydrogen-bond acceptors (Lipinski definition) is 11. The van der Waals surface area contributed by atoms with Gasteiger partial charge in [-0.1, -0.05) is 48.9 Å². The molecule has 256 valence electrons. The summed E-state index contributed by atoms with van der Waals surface area (Å²) in [5.74, 6) is 0.0821. The van der Waals surface area contributed by atoms with Crippen LogP contribution in [0.1, 0.15) is 56.9 Å². The molecule has 47 heavy (non-hydrogen) atoms. The SMILES string of the molecule is CCc1nc([C@@]23OC(c4ccccc4)OC[C@H]2OC[C@H](OCOC)[C@H]3NNC(=O)OC(C)(C)C)n(-c2cc(Cl)cnc2C(F)(F)F)n1. The fraction of sp³-hybridized carbons (Fsp3) is 0.533. The van der Waals surface area contributed by atoms with Gasteiger partial charge in [0.15, 0.2) is 29.2 Å². The summed E-state index contributed by atoms with van der Waals surface area (Å²) >= 11 is 6.21. The van der Waals surface area contributed by atoms with E-state index >= 15 is 0 Å². The lowest BCUT2D eigenvalue weighted by Crippen LogP contribution is -2.72. The maximum absolute atomic E-state index is 14.4. The number of amides is 1. The lowest BCUT2D eigenvalue weighted by atomic mass is 9.80. The smallest absolute Gasteiger partial charge is 0.435 e. The molecule has 0 radical (unpaired) electrons. The number of aryl methyl sites for hydroxylation is 1. The second-order valence-corrected chi connectivity index (χ2v) is 12.2. The summed E-state index contributed by atoms with van der Waals surface area (Å²) in [5.41, 5.74) is 1.68. The van der Waals surface area contributed by atoms with Gasteiger partial charge in [0.2, 0.25) is 0 Å². The first-order valence-corrected chi connectivity index (χ1v) is 15.1. The van der Waals surface area contributed by atoms with Crippen molar-refractivity contribution in [3.05, 3.63) is 70.5 Å². The molecule has 13 nitrogen and oxygen atoms in total. The molecule has 2 aliphatic heterocycles. The molecule has 1 amide bonds. The van der Waals surface area contributed by atoms with E-state index in [2.05, 4.69) is 20.9 Å². The Bertz CT molecular complexity index is 1540. The third kappa shape index (κ3) is 7.53. The zero-order valence-corrected chi connectivity index (χ0v) is 27.1. The highest BCUT2D eigenvalue weighted by Gasteiger charge is 2.62. The van der Waals surface area contributed by atoms with Crippen molar-refractivity contribution < 1.29 is 46.4 Å². The molecule has 5 atom stereocenters. The molecule has 0 bridgehead atoms. The standard InChI is InChI=1S/C30H36ClF3N6O7/c1-6-22-36-26(40(39-22)19-12-18(31)13-35-23(19)30(32,33)34)29-21(15-44-25(46-29)17-10-8-7-9-11-17)43-14-20(45-16-42-5)24(29)37-38-27(41)47-28(2,3)4/h7-13,20-21,24-25,37H,6,14-16H2,1-5H3,(H,38,41)/t20-,21+,24+,25?,29+/m0/s1. The van der Waals surface area contributed by atoms with Gasteiger partial charge >= 0.3 is 12.3 Å². The minimum atomic E-state index is -4.89. The van der Waals surface area contributed by atoms with Gasteiger partial charge in [0.25, 0.3) is 0 Å². The summed E-state index contributed by atoms with van der Waals surface area (Å²) in [5, 5.41) is 4.39. The third-order valence-corrected chi connectivity index (χ3v) is 7.53. The van der Waals surface area contributed by atoms with E-state index in [1.54, 1.807) is 52.0 Å². The minimum Gasteiger partial charge on any atom is -0.443 e. The summed E-state index contributed by atoms with van der Waals surface area (Å²) in [6.07, 6.45) is -7.57. The van der Waals surface area contributed by atoms with Crippen LogP contribution in [0.4, 0.5) is 18.0 Å². The average Bonchev–Trinajstić information content (AvgIpc) is 3.47. The highest BCUT2D eigenvalue weighted by atomic mass is 35.5. The predicted molar refractivity (Wildman–Crippen MR) is 159 cm³/mol. The Balaban J connectivity index is 1.74. The van der Waals surface area contributed by atoms with Crippen LogP contribution in [0.15, 0.2) is 42.6 Å². The number of nitrogens with one attached hydrogen (secondary N) is 2. The number of pyridine rings is 1. The molecule has 2 fully saturated rings. The van der Waals surface area contributed by atoms with Crippen LogP contribution >= 0.6 is 11.6 Å². The number of carbonyl (C=O) groups excluding carboxylic acids is 1. The second kappa shape index (κ2) is 14.0.